The lowest BCUT2D eigenvalue weighted by Gasteiger charge is -2.13. The molecule has 0 spiro atoms. The molecule has 5 nitrogen and oxygen atoms in total. The van der Waals surface area contributed by atoms with Crippen molar-refractivity contribution in [3.8, 4) is 0 Å². The first-order valence-electron chi connectivity index (χ1n) is 5.37. The van der Waals surface area contributed by atoms with Crippen LogP contribution in [-0.2, 0) is 9.59 Å². The minimum absolute atomic E-state index is 0.0129. The van der Waals surface area contributed by atoms with E-state index in [4.69, 9.17) is 5.73 Å². The highest BCUT2D eigenvalue weighted by Gasteiger charge is 2.02. The molecule has 0 aliphatic heterocycles. The van der Waals surface area contributed by atoms with Gasteiger partial charge in [0.2, 0.25) is 11.8 Å². The van der Waals surface area contributed by atoms with E-state index in [2.05, 4.69) is 17.1 Å². The van der Waals surface area contributed by atoms with Crippen LogP contribution in [0.25, 0.3) is 0 Å². The van der Waals surface area contributed by atoms with E-state index in [0.29, 0.717) is 24.5 Å². The molecule has 0 saturated carbocycles. The number of hydrogen-bond acceptors (Lipinski definition) is 4. The molecule has 6 heteroatoms. The van der Waals surface area contributed by atoms with Gasteiger partial charge in [-0.15, -0.1) is 0 Å². The monoisotopic (exact) mass is 247 g/mol. The van der Waals surface area contributed by atoms with E-state index < -0.39 is 0 Å². The third-order valence-corrected chi connectivity index (χ3v) is 3.04. The molecule has 0 radical (unpaired) electrons. The number of carbonyl (C=O) groups excluding carboxylic acids is 2. The van der Waals surface area contributed by atoms with Gasteiger partial charge in [0.1, 0.15) is 0 Å². The summed E-state index contributed by atoms with van der Waals surface area (Å²) in [5.41, 5.74) is 4.98. The second kappa shape index (κ2) is 9.47. The summed E-state index contributed by atoms with van der Waals surface area (Å²) in [6, 6.07) is 0. The average molecular weight is 247 g/mol. The molecular weight excluding hydrogens is 226 g/mol. The predicted octanol–water partition coefficient (Wildman–Crippen LogP) is -0.337. The molecular formula is C10H21N3O2S. The summed E-state index contributed by atoms with van der Waals surface area (Å²) in [5, 5.41) is 2.82. The standard InChI is InChI=1S/C10H21N3O2S/c1-3-13(2)6-5-12-10(15)8-16-7-4-9(11)14/h3-8H2,1-2H3,(H2,11,14)(H,12,15). The number of nitrogens with two attached hydrogens (primary N) is 1. The zero-order valence-corrected chi connectivity index (χ0v) is 10.8. The van der Waals surface area contributed by atoms with Crippen molar-refractivity contribution in [1.82, 2.24) is 10.2 Å². The minimum atomic E-state index is -0.322. The maximum atomic E-state index is 11.3. The van der Waals surface area contributed by atoms with Crippen LogP contribution in [0, 0.1) is 0 Å². The molecule has 94 valence electrons. The van der Waals surface area contributed by atoms with Crippen LogP contribution in [0.3, 0.4) is 0 Å². The Hall–Kier alpha value is -0.750. The second-order valence-corrected chi connectivity index (χ2v) is 4.62. The molecule has 0 heterocycles. The number of hydrogen-bond donors (Lipinski definition) is 2. The number of primary amides is 1. The quantitative estimate of drug-likeness (QED) is 0.547. The number of nitrogens with one attached hydrogen (secondary N) is 1. The summed E-state index contributed by atoms with van der Waals surface area (Å²) in [5.74, 6) is 0.692. The van der Waals surface area contributed by atoms with Gasteiger partial charge in [0.05, 0.1) is 5.75 Å². The Morgan fingerprint density at radius 1 is 1.44 bits per heavy atom. The van der Waals surface area contributed by atoms with Gasteiger partial charge in [-0.05, 0) is 13.6 Å². The molecule has 0 bridgehead atoms. The number of rotatable bonds is 9. The first-order chi connectivity index (χ1) is 7.56. The lowest BCUT2D eigenvalue weighted by atomic mass is 10.5. The fourth-order valence-electron chi connectivity index (χ4n) is 0.933. The van der Waals surface area contributed by atoms with Crippen LogP contribution in [0.4, 0.5) is 0 Å². The van der Waals surface area contributed by atoms with Gasteiger partial charge >= 0.3 is 0 Å². The molecule has 0 unspecified atom stereocenters. The van der Waals surface area contributed by atoms with Crippen molar-refractivity contribution < 1.29 is 9.59 Å². The summed E-state index contributed by atoms with van der Waals surface area (Å²) < 4.78 is 0. The number of likely N-dealkylation sites (N-methyl/N-ethyl adjacent to an activating group) is 1. The second-order valence-electron chi connectivity index (χ2n) is 3.51. The van der Waals surface area contributed by atoms with Crippen molar-refractivity contribution in [3.63, 3.8) is 0 Å². The van der Waals surface area contributed by atoms with E-state index in [9.17, 15) is 9.59 Å². The van der Waals surface area contributed by atoms with Crippen molar-refractivity contribution >= 4 is 23.6 Å². The van der Waals surface area contributed by atoms with E-state index in [1.54, 1.807) is 0 Å². The highest BCUT2D eigenvalue weighted by atomic mass is 32.2. The third-order valence-electron chi connectivity index (χ3n) is 2.08. The third kappa shape index (κ3) is 9.79. The highest BCUT2D eigenvalue weighted by Crippen LogP contribution is 2.00. The van der Waals surface area contributed by atoms with Crippen molar-refractivity contribution in [1.29, 1.82) is 0 Å². The lowest BCUT2D eigenvalue weighted by molar-refractivity contribution is -0.119. The van der Waals surface area contributed by atoms with Crippen molar-refractivity contribution in [3.05, 3.63) is 0 Å². The Morgan fingerprint density at radius 2 is 2.12 bits per heavy atom. The van der Waals surface area contributed by atoms with Gasteiger partial charge in [0.25, 0.3) is 0 Å². The Morgan fingerprint density at radius 3 is 2.69 bits per heavy atom. The molecule has 3 N–H and O–H groups in total. The van der Waals surface area contributed by atoms with Gasteiger partial charge in [-0.3, -0.25) is 9.59 Å². The van der Waals surface area contributed by atoms with Gasteiger partial charge in [0.15, 0.2) is 0 Å². The first-order valence-corrected chi connectivity index (χ1v) is 6.53. The van der Waals surface area contributed by atoms with Crippen LogP contribution in [0.15, 0.2) is 0 Å². The number of carbonyl (C=O) groups is 2. The van der Waals surface area contributed by atoms with Crippen molar-refractivity contribution in [2.24, 2.45) is 5.73 Å². The molecule has 0 aromatic heterocycles. The van der Waals surface area contributed by atoms with Crippen LogP contribution >= 0.6 is 11.8 Å². The minimum Gasteiger partial charge on any atom is -0.370 e. The molecule has 0 fully saturated rings. The van der Waals surface area contributed by atoms with Crippen LogP contribution in [0.2, 0.25) is 0 Å². The predicted molar refractivity (Wildman–Crippen MR) is 67.3 cm³/mol. The molecule has 2 amide bonds. The number of amides is 2. The Balaban J connectivity index is 3.34. The average Bonchev–Trinajstić information content (AvgIpc) is 2.24. The molecule has 0 aliphatic carbocycles. The Labute approximate surface area is 101 Å². The SMILES string of the molecule is CCN(C)CCNC(=O)CSCCC(N)=O. The summed E-state index contributed by atoms with van der Waals surface area (Å²) in [6.45, 7) is 4.57. The summed E-state index contributed by atoms with van der Waals surface area (Å²) in [4.78, 5) is 23.8. The van der Waals surface area contributed by atoms with E-state index in [-0.39, 0.29) is 11.8 Å². The molecule has 16 heavy (non-hydrogen) atoms. The fraction of sp³-hybridized carbons (Fsp3) is 0.800. The van der Waals surface area contributed by atoms with Crippen LogP contribution in [-0.4, -0.2) is 54.9 Å². The molecule has 0 rings (SSSR count). The topological polar surface area (TPSA) is 75.4 Å². The summed E-state index contributed by atoms with van der Waals surface area (Å²) in [7, 11) is 2.01. The fourth-order valence-corrected chi connectivity index (χ4v) is 1.71. The Kier molecular flexibility index (Phi) is 9.03. The summed E-state index contributed by atoms with van der Waals surface area (Å²) in [6.07, 6.45) is 0.330. The van der Waals surface area contributed by atoms with Gasteiger partial charge in [-0.1, -0.05) is 6.92 Å². The number of nitrogens with zero attached hydrogens (tertiary/aromatic N) is 1. The molecule has 0 aromatic carbocycles. The zero-order valence-electron chi connectivity index (χ0n) is 9.99. The molecule has 0 aromatic rings. The van der Waals surface area contributed by atoms with Gasteiger partial charge in [-0.25, -0.2) is 0 Å². The van der Waals surface area contributed by atoms with Gasteiger partial charge in [-0.2, -0.15) is 11.8 Å². The van der Waals surface area contributed by atoms with Crippen molar-refractivity contribution in [2.75, 3.05) is 38.2 Å². The first kappa shape index (κ1) is 15.2. The largest absolute Gasteiger partial charge is 0.370 e. The maximum absolute atomic E-state index is 11.3. The zero-order chi connectivity index (χ0) is 12.4. The smallest absolute Gasteiger partial charge is 0.230 e. The molecule has 0 atom stereocenters. The van der Waals surface area contributed by atoms with Crippen molar-refractivity contribution in [2.45, 2.75) is 13.3 Å². The molecule has 0 saturated heterocycles. The Bertz CT molecular complexity index is 224. The van der Waals surface area contributed by atoms with Crippen LogP contribution in [0.1, 0.15) is 13.3 Å². The normalized spacial score (nSPS) is 10.4. The summed E-state index contributed by atoms with van der Waals surface area (Å²) >= 11 is 1.43. The van der Waals surface area contributed by atoms with Gasteiger partial charge < -0.3 is 16.0 Å². The van der Waals surface area contributed by atoms with Gasteiger partial charge in [0, 0.05) is 25.3 Å². The maximum Gasteiger partial charge on any atom is 0.230 e. The molecule has 0 aliphatic rings. The van der Waals surface area contributed by atoms with E-state index in [0.717, 1.165) is 13.1 Å². The van der Waals surface area contributed by atoms with E-state index >= 15 is 0 Å². The lowest BCUT2D eigenvalue weighted by Crippen LogP contribution is -2.33. The number of thioether (sulfide) groups is 1. The van der Waals surface area contributed by atoms with E-state index in [1.165, 1.54) is 11.8 Å². The van der Waals surface area contributed by atoms with E-state index in [1.807, 2.05) is 7.05 Å². The van der Waals surface area contributed by atoms with Crippen LogP contribution in [0.5, 0.6) is 0 Å². The highest BCUT2D eigenvalue weighted by molar-refractivity contribution is 7.99. The van der Waals surface area contributed by atoms with Crippen LogP contribution < -0.4 is 11.1 Å².